The van der Waals surface area contributed by atoms with Gasteiger partial charge in [-0.25, -0.2) is 9.59 Å². The van der Waals surface area contributed by atoms with E-state index in [9.17, 15) is 14.4 Å². The SMILES string of the molecule is CCOC(=O)c1cc(C(=O)OC)c(C)n(Cc2ccccc2)c1=O. The average Bonchev–Trinajstić information content (AvgIpc) is 2.59. The average molecular weight is 329 g/mol. The number of rotatable bonds is 5. The number of aromatic nitrogens is 1. The van der Waals surface area contributed by atoms with Crippen molar-refractivity contribution >= 4 is 11.9 Å². The van der Waals surface area contributed by atoms with Gasteiger partial charge in [-0.1, -0.05) is 30.3 Å². The molecule has 0 aliphatic heterocycles. The molecule has 2 aromatic rings. The summed E-state index contributed by atoms with van der Waals surface area (Å²) in [7, 11) is 1.25. The van der Waals surface area contributed by atoms with Crippen LogP contribution in [0.15, 0.2) is 41.2 Å². The maximum Gasteiger partial charge on any atom is 0.343 e. The summed E-state index contributed by atoms with van der Waals surface area (Å²) in [6.07, 6.45) is 0. The molecule has 0 bridgehead atoms. The summed E-state index contributed by atoms with van der Waals surface area (Å²) in [5.74, 6) is -1.37. The van der Waals surface area contributed by atoms with Gasteiger partial charge in [-0.2, -0.15) is 0 Å². The van der Waals surface area contributed by atoms with Crippen LogP contribution in [0, 0.1) is 6.92 Å². The van der Waals surface area contributed by atoms with Crippen molar-refractivity contribution in [2.45, 2.75) is 20.4 Å². The highest BCUT2D eigenvalue weighted by Crippen LogP contribution is 2.13. The highest BCUT2D eigenvalue weighted by atomic mass is 16.5. The zero-order chi connectivity index (χ0) is 17.7. The summed E-state index contributed by atoms with van der Waals surface area (Å²) in [6, 6.07) is 10.5. The Morgan fingerprint density at radius 2 is 1.75 bits per heavy atom. The Kier molecular flexibility index (Phi) is 5.52. The zero-order valence-corrected chi connectivity index (χ0v) is 13.9. The molecule has 0 amide bonds. The van der Waals surface area contributed by atoms with Gasteiger partial charge in [0.05, 0.1) is 25.8 Å². The topological polar surface area (TPSA) is 74.6 Å². The number of benzene rings is 1. The summed E-state index contributed by atoms with van der Waals surface area (Å²) in [5.41, 5.74) is 0.792. The van der Waals surface area contributed by atoms with Crippen molar-refractivity contribution in [1.82, 2.24) is 4.57 Å². The van der Waals surface area contributed by atoms with E-state index < -0.39 is 17.5 Å². The molecule has 1 heterocycles. The summed E-state index contributed by atoms with van der Waals surface area (Å²) < 4.78 is 11.1. The third kappa shape index (κ3) is 3.53. The minimum atomic E-state index is -0.755. The van der Waals surface area contributed by atoms with Crippen LogP contribution < -0.4 is 5.56 Å². The largest absolute Gasteiger partial charge is 0.465 e. The molecule has 0 spiro atoms. The van der Waals surface area contributed by atoms with Crippen LogP contribution in [0.25, 0.3) is 0 Å². The minimum Gasteiger partial charge on any atom is -0.465 e. The quantitative estimate of drug-likeness (QED) is 0.786. The van der Waals surface area contributed by atoms with Gasteiger partial charge in [0.1, 0.15) is 5.56 Å². The van der Waals surface area contributed by atoms with Crippen LogP contribution >= 0.6 is 0 Å². The van der Waals surface area contributed by atoms with E-state index >= 15 is 0 Å². The van der Waals surface area contributed by atoms with Crippen molar-refractivity contribution in [3.8, 4) is 0 Å². The molecule has 0 saturated carbocycles. The van der Waals surface area contributed by atoms with Crippen LogP contribution in [0.4, 0.5) is 0 Å². The van der Waals surface area contributed by atoms with E-state index in [0.29, 0.717) is 5.69 Å². The highest BCUT2D eigenvalue weighted by Gasteiger charge is 2.22. The fourth-order valence-corrected chi connectivity index (χ4v) is 2.38. The Morgan fingerprint density at radius 3 is 2.33 bits per heavy atom. The number of nitrogens with zero attached hydrogens (tertiary/aromatic N) is 1. The number of esters is 2. The van der Waals surface area contributed by atoms with Gasteiger partial charge in [0, 0.05) is 5.69 Å². The first kappa shape index (κ1) is 17.5. The lowest BCUT2D eigenvalue weighted by Crippen LogP contribution is -2.31. The van der Waals surface area contributed by atoms with E-state index in [1.54, 1.807) is 13.8 Å². The molecule has 0 N–H and O–H groups in total. The van der Waals surface area contributed by atoms with Gasteiger partial charge in [-0.3, -0.25) is 4.79 Å². The van der Waals surface area contributed by atoms with Gasteiger partial charge in [-0.15, -0.1) is 0 Å². The maximum absolute atomic E-state index is 12.7. The van der Waals surface area contributed by atoms with Crippen LogP contribution in [0.3, 0.4) is 0 Å². The van der Waals surface area contributed by atoms with E-state index in [4.69, 9.17) is 9.47 Å². The number of ether oxygens (including phenoxy) is 2. The standard InChI is InChI=1S/C18H19NO5/c1-4-24-18(22)15-10-14(17(21)23-3)12(2)19(16(15)20)11-13-8-6-5-7-9-13/h5-10H,4,11H2,1-3H3. The first-order chi connectivity index (χ1) is 11.5. The molecule has 0 saturated heterocycles. The van der Waals surface area contributed by atoms with Gasteiger partial charge in [0.15, 0.2) is 0 Å². The number of methoxy groups -OCH3 is 1. The van der Waals surface area contributed by atoms with Gasteiger partial charge in [0.2, 0.25) is 0 Å². The third-order valence-electron chi connectivity index (χ3n) is 3.64. The molecule has 0 radical (unpaired) electrons. The van der Waals surface area contributed by atoms with E-state index in [2.05, 4.69) is 0 Å². The van der Waals surface area contributed by atoms with Crippen LogP contribution in [0.2, 0.25) is 0 Å². The lowest BCUT2D eigenvalue weighted by atomic mass is 10.1. The molecule has 6 heteroatoms. The Morgan fingerprint density at radius 1 is 1.08 bits per heavy atom. The predicted molar refractivity (Wildman–Crippen MR) is 88.3 cm³/mol. The Hall–Kier alpha value is -2.89. The second-order valence-electron chi connectivity index (χ2n) is 5.15. The Balaban J connectivity index is 2.62. The lowest BCUT2D eigenvalue weighted by molar-refractivity contribution is 0.0523. The molecule has 0 unspecified atom stereocenters. The summed E-state index contributed by atoms with van der Waals surface area (Å²) in [6.45, 7) is 3.67. The van der Waals surface area contributed by atoms with Crippen LogP contribution in [0.5, 0.6) is 0 Å². The van der Waals surface area contributed by atoms with Crippen molar-refractivity contribution in [3.05, 3.63) is 69.1 Å². The van der Waals surface area contributed by atoms with Crippen molar-refractivity contribution in [2.24, 2.45) is 0 Å². The molecule has 0 atom stereocenters. The van der Waals surface area contributed by atoms with E-state index in [0.717, 1.165) is 5.56 Å². The van der Waals surface area contributed by atoms with E-state index in [1.165, 1.54) is 17.7 Å². The summed E-state index contributed by atoms with van der Waals surface area (Å²) in [5, 5.41) is 0. The highest BCUT2D eigenvalue weighted by molar-refractivity contribution is 5.95. The van der Waals surface area contributed by atoms with Gasteiger partial charge < -0.3 is 14.0 Å². The number of hydrogen-bond acceptors (Lipinski definition) is 5. The molecule has 1 aromatic carbocycles. The van der Waals surface area contributed by atoms with Gasteiger partial charge in [0.25, 0.3) is 5.56 Å². The Labute approximate surface area is 139 Å². The first-order valence-corrected chi connectivity index (χ1v) is 7.53. The van der Waals surface area contributed by atoms with Crippen molar-refractivity contribution < 1.29 is 19.1 Å². The third-order valence-corrected chi connectivity index (χ3v) is 3.64. The van der Waals surface area contributed by atoms with Crippen LogP contribution in [-0.2, 0) is 16.0 Å². The monoisotopic (exact) mass is 329 g/mol. The Bertz CT molecular complexity index is 808. The maximum atomic E-state index is 12.7. The lowest BCUT2D eigenvalue weighted by Gasteiger charge is -2.15. The molecule has 0 fully saturated rings. The number of pyridine rings is 1. The fraction of sp³-hybridized carbons (Fsp3) is 0.278. The van der Waals surface area contributed by atoms with Crippen molar-refractivity contribution in [1.29, 1.82) is 0 Å². The number of hydrogen-bond donors (Lipinski definition) is 0. The van der Waals surface area contributed by atoms with Crippen molar-refractivity contribution in [2.75, 3.05) is 13.7 Å². The second-order valence-corrected chi connectivity index (χ2v) is 5.15. The fourth-order valence-electron chi connectivity index (χ4n) is 2.38. The summed E-state index contributed by atoms with van der Waals surface area (Å²) in [4.78, 5) is 36.7. The molecular weight excluding hydrogens is 310 g/mol. The summed E-state index contributed by atoms with van der Waals surface area (Å²) >= 11 is 0. The van der Waals surface area contributed by atoms with Gasteiger partial charge in [-0.05, 0) is 25.5 Å². The zero-order valence-electron chi connectivity index (χ0n) is 13.9. The second kappa shape index (κ2) is 7.59. The molecular formula is C18H19NO5. The van der Waals surface area contributed by atoms with Crippen LogP contribution in [-0.4, -0.2) is 30.2 Å². The van der Waals surface area contributed by atoms with E-state index in [1.807, 2.05) is 30.3 Å². The van der Waals surface area contributed by atoms with Gasteiger partial charge >= 0.3 is 11.9 Å². The molecule has 0 aliphatic rings. The van der Waals surface area contributed by atoms with Crippen LogP contribution in [0.1, 0.15) is 38.9 Å². The van der Waals surface area contributed by atoms with Crippen molar-refractivity contribution in [3.63, 3.8) is 0 Å². The molecule has 126 valence electrons. The number of carbonyl (C=O) groups is 2. The normalized spacial score (nSPS) is 10.3. The molecule has 6 nitrogen and oxygen atoms in total. The smallest absolute Gasteiger partial charge is 0.343 e. The number of carbonyl (C=O) groups excluding carboxylic acids is 2. The molecule has 1 aromatic heterocycles. The molecule has 0 aliphatic carbocycles. The molecule has 24 heavy (non-hydrogen) atoms. The predicted octanol–water partition coefficient (Wildman–Crippen LogP) is 2.17. The minimum absolute atomic E-state index is 0.137. The molecule has 2 rings (SSSR count). The van der Waals surface area contributed by atoms with E-state index in [-0.39, 0.29) is 24.3 Å². The first-order valence-electron chi connectivity index (χ1n) is 7.53.